The van der Waals surface area contributed by atoms with Gasteiger partial charge in [0.1, 0.15) is 0 Å². The number of rotatable bonds is 4. The lowest BCUT2D eigenvalue weighted by molar-refractivity contribution is 0.137. The highest BCUT2D eigenvalue weighted by Gasteiger charge is 2.59. The van der Waals surface area contributed by atoms with Gasteiger partial charge in [0.15, 0.2) is 0 Å². The summed E-state index contributed by atoms with van der Waals surface area (Å²) in [5.74, 6) is -1.38. The molecular weight excluding hydrogens is 429 g/mol. The first-order valence-corrected chi connectivity index (χ1v) is 11.2. The van der Waals surface area contributed by atoms with Crippen molar-refractivity contribution in [2.45, 2.75) is 29.7 Å². The number of hydrogen-bond acceptors (Lipinski definition) is 5. The largest absolute Gasteiger partial charge is 0.421 e. The van der Waals surface area contributed by atoms with Crippen molar-refractivity contribution in [3.63, 3.8) is 0 Å². The number of alkyl halides is 1. The van der Waals surface area contributed by atoms with E-state index < -0.39 is 26.6 Å². The Morgan fingerprint density at radius 2 is 1.93 bits per heavy atom. The zero-order chi connectivity index (χ0) is 21.1. The van der Waals surface area contributed by atoms with Crippen LogP contribution in [0.5, 0.6) is 0 Å². The molecule has 2 aromatic heterocycles. The maximum Gasteiger partial charge on any atom is 0.294 e. The molecule has 1 aliphatic rings. The highest BCUT2D eigenvalue weighted by atomic mass is 35.5. The normalized spacial score (nSPS) is 18.4. The second-order valence-electron chi connectivity index (χ2n) is 7.46. The molecular formula is C21H17ClFN3O3S. The minimum absolute atomic E-state index is 0.101. The monoisotopic (exact) mass is 445 g/mol. The van der Waals surface area contributed by atoms with Gasteiger partial charge in [0.2, 0.25) is 15.7 Å². The number of H-pyrrole nitrogens is 1. The first kappa shape index (κ1) is 19.3. The number of benzene rings is 2. The summed E-state index contributed by atoms with van der Waals surface area (Å²) in [6.07, 6.45) is 0.380. The molecule has 9 heteroatoms. The van der Waals surface area contributed by atoms with Crippen molar-refractivity contribution in [2.75, 3.05) is 0 Å². The number of halogens is 2. The van der Waals surface area contributed by atoms with Crippen molar-refractivity contribution >= 4 is 32.3 Å². The van der Waals surface area contributed by atoms with Gasteiger partial charge in [-0.15, -0.1) is 10.2 Å². The van der Waals surface area contributed by atoms with Gasteiger partial charge in [0.05, 0.1) is 4.90 Å². The molecule has 0 aliphatic heterocycles. The van der Waals surface area contributed by atoms with Gasteiger partial charge in [-0.05, 0) is 48.7 Å². The average molecular weight is 446 g/mol. The summed E-state index contributed by atoms with van der Waals surface area (Å²) in [5.41, 5.74) is 2.53. The Balaban J connectivity index is 1.65. The second-order valence-corrected chi connectivity index (χ2v) is 9.97. The topological polar surface area (TPSA) is 88.9 Å². The van der Waals surface area contributed by atoms with E-state index in [0.717, 1.165) is 22.2 Å². The molecule has 4 aromatic rings. The molecule has 0 saturated carbocycles. The van der Waals surface area contributed by atoms with E-state index in [2.05, 4.69) is 15.2 Å². The average Bonchev–Trinajstić information content (AvgIpc) is 3.43. The van der Waals surface area contributed by atoms with E-state index in [9.17, 15) is 8.42 Å². The van der Waals surface area contributed by atoms with Crippen molar-refractivity contribution < 1.29 is 17.2 Å². The van der Waals surface area contributed by atoms with E-state index in [1.807, 2.05) is 6.07 Å². The Hall–Kier alpha value is -2.71. The zero-order valence-electron chi connectivity index (χ0n) is 15.9. The molecule has 0 fully saturated rings. The third-order valence-corrected chi connectivity index (χ3v) is 8.06. The third kappa shape index (κ3) is 2.70. The Morgan fingerprint density at radius 3 is 2.63 bits per heavy atom. The van der Waals surface area contributed by atoms with Crippen LogP contribution in [0.4, 0.5) is 4.39 Å². The van der Waals surface area contributed by atoms with Crippen LogP contribution in [0.3, 0.4) is 0 Å². The lowest BCUT2D eigenvalue weighted by atomic mass is 9.98. The molecule has 5 rings (SSSR count). The van der Waals surface area contributed by atoms with Crippen molar-refractivity contribution in [2.24, 2.45) is 5.92 Å². The molecule has 1 aliphatic carbocycles. The van der Waals surface area contributed by atoms with Crippen molar-refractivity contribution in [1.29, 1.82) is 0 Å². The maximum atomic E-state index is 16.8. The number of aromatic nitrogens is 3. The molecule has 1 unspecified atom stereocenters. The van der Waals surface area contributed by atoms with Gasteiger partial charge in [-0.2, -0.15) is 0 Å². The highest BCUT2D eigenvalue weighted by Crippen LogP contribution is 2.49. The summed E-state index contributed by atoms with van der Waals surface area (Å²) in [6.45, 7) is 1.50. The Bertz CT molecular complexity index is 1370. The van der Waals surface area contributed by atoms with Crippen molar-refractivity contribution in [3.8, 4) is 0 Å². The lowest BCUT2D eigenvalue weighted by Crippen LogP contribution is -2.40. The van der Waals surface area contributed by atoms with E-state index in [1.165, 1.54) is 19.1 Å². The molecule has 1 N–H and O–H groups in total. The quantitative estimate of drug-likeness (QED) is 0.498. The van der Waals surface area contributed by atoms with E-state index in [1.54, 1.807) is 30.3 Å². The van der Waals surface area contributed by atoms with Crippen LogP contribution in [-0.2, 0) is 27.7 Å². The minimum Gasteiger partial charge on any atom is -0.421 e. The van der Waals surface area contributed by atoms with Crippen LogP contribution in [0, 0.1) is 12.8 Å². The summed E-state index contributed by atoms with van der Waals surface area (Å²) < 4.78 is 49.2. The standard InChI is InChI=1S/C21H17ClFN3O3S/c1-12-25-26-20(29-12)21(23,30(27,28)15-5-3-2-4-6-15)13-9-16-17-11-14(22)7-8-18(17)24-19(16)10-13/h2-8,11,13,24H,9-10H2,1H3/t13-,21?/m1/s1. The zero-order valence-corrected chi connectivity index (χ0v) is 17.5. The minimum atomic E-state index is -4.48. The van der Waals surface area contributed by atoms with Gasteiger partial charge in [-0.25, -0.2) is 12.8 Å². The number of aromatic amines is 1. The molecule has 0 radical (unpaired) electrons. The van der Waals surface area contributed by atoms with Crippen LogP contribution in [0.15, 0.2) is 57.8 Å². The summed E-state index contributed by atoms with van der Waals surface area (Å²) in [7, 11) is -4.48. The second kappa shape index (κ2) is 6.65. The van der Waals surface area contributed by atoms with Crippen molar-refractivity contribution in [3.05, 3.63) is 76.6 Å². The van der Waals surface area contributed by atoms with Gasteiger partial charge in [-0.3, -0.25) is 0 Å². The molecule has 2 heterocycles. The number of fused-ring (bicyclic) bond motifs is 3. The fourth-order valence-electron chi connectivity index (χ4n) is 4.23. The molecule has 2 atom stereocenters. The number of nitrogens with one attached hydrogen (secondary N) is 1. The molecule has 6 nitrogen and oxygen atoms in total. The van der Waals surface area contributed by atoms with Crippen molar-refractivity contribution in [1.82, 2.24) is 15.2 Å². The lowest BCUT2D eigenvalue weighted by Gasteiger charge is -2.28. The maximum absolute atomic E-state index is 16.8. The molecule has 154 valence electrons. The number of nitrogens with zero attached hydrogens (tertiary/aromatic N) is 2. The first-order valence-electron chi connectivity index (χ1n) is 9.39. The Labute approximate surface area is 177 Å². The van der Waals surface area contributed by atoms with E-state index in [-0.39, 0.29) is 23.6 Å². The molecule has 0 bridgehead atoms. The summed E-state index contributed by atoms with van der Waals surface area (Å²) in [5, 5.41) is 6.01. The van der Waals surface area contributed by atoms with Crippen LogP contribution < -0.4 is 0 Å². The smallest absolute Gasteiger partial charge is 0.294 e. The van der Waals surface area contributed by atoms with E-state index in [0.29, 0.717) is 5.02 Å². The molecule has 0 spiro atoms. The van der Waals surface area contributed by atoms with E-state index in [4.69, 9.17) is 16.0 Å². The van der Waals surface area contributed by atoms with Crippen LogP contribution in [0.25, 0.3) is 10.9 Å². The van der Waals surface area contributed by atoms with Gasteiger partial charge in [-0.1, -0.05) is 29.8 Å². The summed E-state index contributed by atoms with van der Waals surface area (Å²) in [4.78, 5) is 3.13. The van der Waals surface area contributed by atoms with Gasteiger partial charge in [0, 0.05) is 34.5 Å². The van der Waals surface area contributed by atoms with Gasteiger partial charge in [0.25, 0.3) is 10.9 Å². The van der Waals surface area contributed by atoms with Crippen LogP contribution >= 0.6 is 11.6 Å². The SMILES string of the molecule is Cc1nnc(C(F)([C@H]2Cc3[nH]c4ccc(Cl)cc4c3C2)S(=O)(=O)c2ccccc2)o1. The van der Waals surface area contributed by atoms with Gasteiger partial charge >= 0.3 is 0 Å². The number of hydrogen-bond donors (Lipinski definition) is 1. The molecule has 0 saturated heterocycles. The van der Waals surface area contributed by atoms with Crippen LogP contribution in [0.1, 0.15) is 23.0 Å². The Kier molecular flexibility index (Phi) is 4.27. The van der Waals surface area contributed by atoms with Crippen LogP contribution in [0.2, 0.25) is 5.02 Å². The Morgan fingerprint density at radius 1 is 1.17 bits per heavy atom. The fraction of sp³-hybridized carbons (Fsp3) is 0.238. The van der Waals surface area contributed by atoms with Crippen LogP contribution in [-0.4, -0.2) is 23.6 Å². The highest BCUT2D eigenvalue weighted by molar-refractivity contribution is 7.92. The summed E-state index contributed by atoms with van der Waals surface area (Å²) in [6, 6.07) is 13.0. The van der Waals surface area contributed by atoms with E-state index >= 15 is 4.39 Å². The molecule has 2 aromatic carbocycles. The van der Waals surface area contributed by atoms with Gasteiger partial charge < -0.3 is 9.40 Å². The number of aryl methyl sites for hydroxylation is 1. The molecule has 30 heavy (non-hydrogen) atoms. The third-order valence-electron chi connectivity index (χ3n) is 5.64. The predicted molar refractivity (Wildman–Crippen MR) is 110 cm³/mol. The number of sulfone groups is 1. The predicted octanol–water partition coefficient (Wildman–Crippen LogP) is 4.52. The summed E-state index contributed by atoms with van der Waals surface area (Å²) >= 11 is 6.14. The molecule has 0 amide bonds. The fourth-order valence-corrected chi connectivity index (χ4v) is 6.17. The first-order chi connectivity index (χ1) is 14.3.